The highest BCUT2D eigenvalue weighted by molar-refractivity contribution is 5.89. The van der Waals surface area contributed by atoms with E-state index >= 15 is 0 Å². The van der Waals surface area contributed by atoms with Crippen molar-refractivity contribution in [2.75, 3.05) is 6.61 Å². The summed E-state index contributed by atoms with van der Waals surface area (Å²) in [4.78, 5) is 25.6. The molecule has 0 amide bonds. The number of aromatic nitrogens is 3. The Kier molecular flexibility index (Phi) is 11.9. The molecule has 6 N–H and O–H groups in total. The fourth-order valence-corrected chi connectivity index (χ4v) is 4.53. The highest BCUT2D eigenvalue weighted by atomic mass is 16.5. The van der Waals surface area contributed by atoms with Crippen LogP contribution in [0, 0.1) is 16.2 Å². The van der Waals surface area contributed by atoms with E-state index < -0.39 is 17.7 Å². The lowest BCUT2D eigenvalue weighted by Gasteiger charge is -2.36. The van der Waals surface area contributed by atoms with Gasteiger partial charge >= 0.3 is 5.97 Å². The number of hydrogen-bond donors (Lipinski definition) is 4. The second kappa shape index (κ2) is 13.3. The number of nitrogens with one attached hydrogen (secondary N) is 2. The summed E-state index contributed by atoms with van der Waals surface area (Å²) in [5, 5.41) is 14.8. The van der Waals surface area contributed by atoms with Crippen LogP contribution in [-0.2, 0) is 27.4 Å². The van der Waals surface area contributed by atoms with Crippen molar-refractivity contribution in [1.82, 2.24) is 25.6 Å². The molecule has 1 heterocycles. The molecular weight excluding hydrogens is 470 g/mol. The molecule has 0 bridgehead atoms. The van der Waals surface area contributed by atoms with E-state index in [1.54, 1.807) is 0 Å². The van der Waals surface area contributed by atoms with Crippen LogP contribution in [0.15, 0.2) is 6.20 Å². The van der Waals surface area contributed by atoms with Gasteiger partial charge < -0.3 is 21.5 Å². The van der Waals surface area contributed by atoms with Crippen LogP contribution >= 0.6 is 0 Å². The Morgan fingerprint density at radius 3 is 2.22 bits per heavy atom. The van der Waals surface area contributed by atoms with Gasteiger partial charge in [-0.25, -0.2) is 0 Å². The average Bonchev–Trinajstić information content (AvgIpc) is 3.18. The summed E-state index contributed by atoms with van der Waals surface area (Å²) >= 11 is 0. The summed E-state index contributed by atoms with van der Waals surface area (Å²) in [5.74, 6) is -0.174. The zero-order valence-electron chi connectivity index (χ0n) is 24.9. The molecule has 0 aliphatic rings. The summed E-state index contributed by atoms with van der Waals surface area (Å²) in [6.45, 7) is 21.8. The smallest absolute Gasteiger partial charge is 0.305 e. The third-order valence-corrected chi connectivity index (χ3v) is 6.33. The molecule has 10 nitrogen and oxygen atoms in total. The minimum Gasteiger partial charge on any atom is -0.465 e. The van der Waals surface area contributed by atoms with Crippen molar-refractivity contribution in [2.24, 2.45) is 27.7 Å². The number of esters is 1. The topological polar surface area (TPSA) is 150 Å². The van der Waals surface area contributed by atoms with Gasteiger partial charge in [0.2, 0.25) is 0 Å². The summed E-state index contributed by atoms with van der Waals surface area (Å²) in [5.41, 5.74) is 10.8. The molecule has 0 aliphatic heterocycles. The van der Waals surface area contributed by atoms with Gasteiger partial charge in [0.15, 0.2) is 5.78 Å². The highest BCUT2D eigenvalue weighted by Gasteiger charge is 2.34. The first-order valence-corrected chi connectivity index (χ1v) is 13.4. The number of rotatable bonds is 15. The summed E-state index contributed by atoms with van der Waals surface area (Å²) in [6, 6.07) is -0.396. The van der Waals surface area contributed by atoms with Gasteiger partial charge in [0, 0.05) is 36.7 Å². The van der Waals surface area contributed by atoms with Gasteiger partial charge in [-0.15, -0.1) is 5.10 Å². The number of ketones is 1. The number of nitrogens with two attached hydrogens (primary N) is 2. The zero-order chi connectivity index (χ0) is 28.7. The van der Waals surface area contributed by atoms with Gasteiger partial charge in [0.05, 0.1) is 18.3 Å². The molecule has 1 aromatic heterocycles. The molecular formula is C27H53N7O3. The number of Topliss-reactive ketones (excluding diaryl/α,β-unsaturated/α-hetero) is 1. The van der Waals surface area contributed by atoms with Gasteiger partial charge in [-0.3, -0.25) is 19.6 Å². The molecule has 0 saturated heterocycles. The second-order valence-corrected chi connectivity index (χ2v) is 13.6. The molecule has 0 aromatic carbocycles. The maximum atomic E-state index is 12.9. The van der Waals surface area contributed by atoms with Crippen molar-refractivity contribution in [2.45, 2.75) is 126 Å². The van der Waals surface area contributed by atoms with Crippen molar-refractivity contribution < 1.29 is 14.3 Å². The molecule has 1 unspecified atom stereocenters. The van der Waals surface area contributed by atoms with E-state index in [4.69, 9.17) is 16.2 Å². The molecule has 0 radical (unpaired) electrons. The highest BCUT2D eigenvalue weighted by Crippen LogP contribution is 2.38. The number of carbonyl (C=O) groups excluding carboxylic acids is 2. The molecule has 1 rings (SSSR count). The van der Waals surface area contributed by atoms with Crippen molar-refractivity contribution in [1.29, 1.82) is 0 Å². The minimum absolute atomic E-state index is 0.0700. The minimum atomic E-state index is -0.603. The van der Waals surface area contributed by atoms with E-state index in [1.807, 2.05) is 52.4 Å². The van der Waals surface area contributed by atoms with E-state index in [-0.39, 0.29) is 34.5 Å². The van der Waals surface area contributed by atoms with Gasteiger partial charge in [0.1, 0.15) is 6.29 Å². The lowest BCUT2D eigenvalue weighted by atomic mass is 9.72. The summed E-state index contributed by atoms with van der Waals surface area (Å²) in [6.07, 6.45) is 3.67. The van der Waals surface area contributed by atoms with Crippen LogP contribution in [0.2, 0.25) is 0 Å². The Labute approximate surface area is 224 Å². The number of ether oxygens (including phenoxy) is 1. The van der Waals surface area contributed by atoms with Gasteiger partial charge in [-0.2, -0.15) is 0 Å². The van der Waals surface area contributed by atoms with Crippen LogP contribution in [0.5, 0.6) is 0 Å². The largest absolute Gasteiger partial charge is 0.465 e. The Hall–Kier alpha value is -1.88. The lowest BCUT2D eigenvalue weighted by Crippen LogP contribution is -2.51. The Morgan fingerprint density at radius 1 is 1.08 bits per heavy atom. The van der Waals surface area contributed by atoms with Gasteiger partial charge in [0.25, 0.3) is 0 Å². The molecule has 37 heavy (non-hydrogen) atoms. The molecule has 10 heteroatoms. The average molecular weight is 524 g/mol. The second-order valence-electron chi connectivity index (χ2n) is 13.6. The molecule has 0 aliphatic carbocycles. The fraction of sp³-hybridized carbons (Fsp3) is 0.852. The van der Waals surface area contributed by atoms with E-state index in [2.05, 4.69) is 48.6 Å². The third-order valence-electron chi connectivity index (χ3n) is 6.33. The van der Waals surface area contributed by atoms with E-state index in [9.17, 15) is 9.59 Å². The zero-order valence-corrected chi connectivity index (χ0v) is 24.9. The fourth-order valence-electron chi connectivity index (χ4n) is 4.53. The first-order chi connectivity index (χ1) is 16.8. The Bertz CT molecular complexity index is 868. The number of nitrogens with zero attached hydrogens (tertiary/aromatic N) is 3. The molecule has 2 atom stereocenters. The first-order valence-electron chi connectivity index (χ1n) is 13.4. The van der Waals surface area contributed by atoms with Crippen molar-refractivity contribution in [3.63, 3.8) is 0 Å². The van der Waals surface area contributed by atoms with E-state index in [1.165, 1.54) is 0 Å². The van der Waals surface area contributed by atoms with Crippen LogP contribution in [0.3, 0.4) is 0 Å². The number of hydrogen-bond acceptors (Lipinski definition) is 9. The third kappa shape index (κ3) is 13.0. The predicted molar refractivity (Wildman–Crippen MR) is 147 cm³/mol. The van der Waals surface area contributed by atoms with Crippen LogP contribution in [0.1, 0.15) is 101 Å². The van der Waals surface area contributed by atoms with Crippen LogP contribution in [0.4, 0.5) is 0 Å². The first kappa shape index (κ1) is 33.1. The van der Waals surface area contributed by atoms with Crippen LogP contribution in [0.25, 0.3) is 0 Å². The Balaban J connectivity index is 2.69. The monoisotopic (exact) mass is 523 g/mol. The predicted octanol–water partition coefficient (Wildman–Crippen LogP) is 3.10. The quantitative estimate of drug-likeness (QED) is 0.201. The molecule has 0 spiro atoms. The SMILES string of the molecule is CCC(C)(Cn1cc(CNC(N)N)nn1)CC(C)(C)COC(=O)CC[C@H](NC(C)(C)C)C(=O)C(C)(C)C. The van der Waals surface area contributed by atoms with Gasteiger partial charge in [-0.1, -0.05) is 53.7 Å². The van der Waals surface area contributed by atoms with Gasteiger partial charge in [-0.05, 0) is 50.9 Å². The normalized spacial score (nSPS) is 15.5. The number of carbonyl (C=O) groups is 2. The molecule has 0 fully saturated rings. The van der Waals surface area contributed by atoms with Crippen molar-refractivity contribution in [3.05, 3.63) is 11.9 Å². The van der Waals surface area contributed by atoms with Crippen LogP contribution in [-0.4, -0.2) is 51.2 Å². The lowest BCUT2D eigenvalue weighted by molar-refractivity contribution is -0.148. The van der Waals surface area contributed by atoms with Crippen molar-refractivity contribution >= 4 is 11.8 Å². The standard InChI is InChI=1S/C27H53N7O3/c1-11-27(10,17-34-15-19(32-33-34)14-30-23(28)29)16-26(8,9)18-37-21(35)13-12-20(31-25(5,6)7)22(36)24(2,3)4/h15,20,23,30-31H,11-14,16-18,28-29H2,1-10H3/t20-,27?/m0/s1. The maximum Gasteiger partial charge on any atom is 0.305 e. The van der Waals surface area contributed by atoms with E-state index in [0.717, 1.165) is 18.5 Å². The van der Waals surface area contributed by atoms with Crippen molar-refractivity contribution in [3.8, 4) is 0 Å². The maximum absolute atomic E-state index is 12.9. The summed E-state index contributed by atoms with van der Waals surface area (Å²) in [7, 11) is 0. The molecule has 0 saturated carbocycles. The molecule has 1 aromatic rings. The Morgan fingerprint density at radius 2 is 1.70 bits per heavy atom. The van der Waals surface area contributed by atoms with E-state index in [0.29, 0.717) is 26.1 Å². The summed E-state index contributed by atoms with van der Waals surface area (Å²) < 4.78 is 7.55. The molecule has 214 valence electrons. The van der Waals surface area contributed by atoms with Crippen LogP contribution < -0.4 is 22.1 Å².